The van der Waals surface area contributed by atoms with Gasteiger partial charge in [-0.25, -0.2) is 4.98 Å². The van der Waals surface area contributed by atoms with Crippen molar-refractivity contribution in [2.75, 3.05) is 36.5 Å². The second kappa shape index (κ2) is 7.73. The minimum atomic E-state index is -0.280. The van der Waals surface area contributed by atoms with Crippen LogP contribution in [-0.2, 0) is 4.74 Å². The molecule has 1 aliphatic heterocycles. The fourth-order valence-electron chi connectivity index (χ4n) is 3.02. The molecule has 3 heterocycles. The second-order valence-corrected chi connectivity index (χ2v) is 6.49. The Balaban J connectivity index is 1.52. The molecule has 1 fully saturated rings. The number of nitrogens with one attached hydrogen (secondary N) is 2. The molecule has 0 saturated carbocycles. The van der Waals surface area contributed by atoms with Gasteiger partial charge in [-0.1, -0.05) is 18.2 Å². The summed E-state index contributed by atoms with van der Waals surface area (Å²) in [6.45, 7) is 3.12. The molecule has 2 aromatic heterocycles. The lowest BCUT2D eigenvalue weighted by Gasteiger charge is -2.28. The van der Waals surface area contributed by atoms with E-state index in [0.29, 0.717) is 16.3 Å². The van der Waals surface area contributed by atoms with Gasteiger partial charge >= 0.3 is 0 Å². The zero-order valence-electron chi connectivity index (χ0n) is 14.6. The number of amides is 1. The lowest BCUT2D eigenvalue weighted by atomic mass is 10.3. The van der Waals surface area contributed by atoms with Crippen LogP contribution in [0.1, 0.15) is 10.5 Å². The average Bonchev–Trinajstić information content (AvgIpc) is 3.11. The average molecular weight is 381 g/mol. The number of H-pyrrole nitrogens is 1. The molecule has 27 heavy (non-hydrogen) atoms. The molecule has 0 spiro atoms. The number of anilines is 2. The number of nitrogens with zero attached hydrogens (tertiary/aromatic N) is 3. The van der Waals surface area contributed by atoms with Crippen LogP contribution in [0.3, 0.4) is 0 Å². The zero-order valence-corrected chi connectivity index (χ0v) is 15.4. The molecule has 1 aliphatic rings. The van der Waals surface area contributed by atoms with Crippen LogP contribution < -0.4 is 10.2 Å². The number of pyridine rings is 1. The number of ether oxygens (including phenoxy) is 1. The molecule has 0 unspecified atom stereocenters. The fourth-order valence-corrected chi connectivity index (χ4v) is 3.28. The van der Waals surface area contributed by atoms with E-state index in [1.165, 1.54) is 0 Å². The Morgan fingerprint density at radius 3 is 2.59 bits per heavy atom. The highest BCUT2D eigenvalue weighted by molar-refractivity contribution is 7.71. The van der Waals surface area contributed by atoms with E-state index in [-0.39, 0.29) is 5.91 Å². The van der Waals surface area contributed by atoms with Gasteiger partial charge in [-0.3, -0.25) is 9.36 Å². The predicted molar refractivity (Wildman–Crippen MR) is 106 cm³/mol. The summed E-state index contributed by atoms with van der Waals surface area (Å²) in [6, 6.07) is 13.3. The standard InChI is InChI=1S/C19H19N5O2S/c25-18(16-13-21-19(27)24(16)14-4-2-1-3-5-14)22-17-7-6-15(12-20-17)23-8-10-26-11-9-23/h1-7,12-13H,8-11H2,(H,21,27)(H,20,22,25). The molecule has 7 nitrogen and oxygen atoms in total. The molecule has 3 aromatic rings. The van der Waals surface area contributed by atoms with Crippen molar-refractivity contribution in [2.24, 2.45) is 0 Å². The van der Waals surface area contributed by atoms with Crippen LogP contribution in [0.25, 0.3) is 5.69 Å². The van der Waals surface area contributed by atoms with Gasteiger partial charge in [0.15, 0.2) is 4.77 Å². The first-order valence-corrected chi connectivity index (χ1v) is 9.09. The molecule has 2 N–H and O–H groups in total. The number of aromatic nitrogens is 3. The highest BCUT2D eigenvalue weighted by Gasteiger charge is 2.16. The molecule has 1 amide bonds. The molecule has 0 bridgehead atoms. The number of hydrogen-bond acceptors (Lipinski definition) is 5. The van der Waals surface area contributed by atoms with Gasteiger partial charge in [-0.2, -0.15) is 0 Å². The van der Waals surface area contributed by atoms with Crippen molar-refractivity contribution in [1.82, 2.24) is 14.5 Å². The van der Waals surface area contributed by atoms with E-state index in [1.54, 1.807) is 23.0 Å². The molecular formula is C19H19N5O2S. The first kappa shape index (κ1) is 17.4. The number of rotatable bonds is 4. The van der Waals surface area contributed by atoms with Gasteiger partial charge in [-0.15, -0.1) is 0 Å². The summed E-state index contributed by atoms with van der Waals surface area (Å²) in [5.74, 6) is 0.210. The van der Waals surface area contributed by atoms with Gasteiger partial charge in [0.25, 0.3) is 5.91 Å². The van der Waals surface area contributed by atoms with Crippen molar-refractivity contribution in [2.45, 2.75) is 0 Å². The number of carbonyl (C=O) groups excluding carboxylic acids is 1. The van der Waals surface area contributed by atoms with E-state index >= 15 is 0 Å². The van der Waals surface area contributed by atoms with E-state index < -0.39 is 0 Å². The van der Waals surface area contributed by atoms with Gasteiger partial charge in [0, 0.05) is 25.0 Å². The summed E-state index contributed by atoms with van der Waals surface area (Å²) < 4.78 is 7.52. The minimum Gasteiger partial charge on any atom is -0.378 e. The van der Waals surface area contributed by atoms with Crippen LogP contribution in [0.4, 0.5) is 11.5 Å². The van der Waals surface area contributed by atoms with E-state index in [2.05, 4.69) is 20.2 Å². The van der Waals surface area contributed by atoms with Crippen LogP contribution in [0.15, 0.2) is 54.9 Å². The number of hydrogen-bond donors (Lipinski definition) is 2. The highest BCUT2D eigenvalue weighted by Crippen LogP contribution is 2.18. The van der Waals surface area contributed by atoms with Crippen molar-refractivity contribution >= 4 is 29.6 Å². The largest absolute Gasteiger partial charge is 0.378 e. The Bertz CT molecular complexity index is 975. The molecule has 0 radical (unpaired) electrons. The van der Waals surface area contributed by atoms with Crippen molar-refractivity contribution in [3.63, 3.8) is 0 Å². The minimum absolute atomic E-state index is 0.280. The summed E-state index contributed by atoms with van der Waals surface area (Å²) in [4.78, 5) is 22.3. The number of carbonyl (C=O) groups is 1. The van der Waals surface area contributed by atoms with Crippen molar-refractivity contribution in [3.05, 3.63) is 65.3 Å². The normalized spacial score (nSPS) is 14.1. The summed E-state index contributed by atoms with van der Waals surface area (Å²) in [5.41, 5.74) is 2.26. The highest BCUT2D eigenvalue weighted by atomic mass is 32.1. The first-order valence-electron chi connectivity index (χ1n) is 8.68. The number of imidazole rings is 1. The van der Waals surface area contributed by atoms with Gasteiger partial charge < -0.3 is 19.9 Å². The molecule has 4 rings (SSSR count). The fraction of sp³-hybridized carbons (Fsp3) is 0.211. The third-order valence-corrected chi connectivity index (χ3v) is 4.69. The molecule has 138 valence electrons. The van der Waals surface area contributed by atoms with Crippen molar-refractivity contribution in [3.8, 4) is 5.69 Å². The van der Waals surface area contributed by atoms with Gasteiger partial charge in [0.1, 0.15) is 11.5 Å². The number of morpholine rings is 1. The van der Waals surface area contributed by atoms with Crippen LogP contribution in [0.2, 0.25) is 0 Å². The van der Waals surface area contributed by atoms with Crippen molar-refractivity contribution < 1.29 is 9.53 Å². The predicted octanol–water partition coefficient (Wildman–Crippen LogP) is 3.02. The summed E-state index contributed by atoms with van der Waals surface area (Å²) in [6.07, 6.45) is 3.37. The zero-order chi connectivity index (χ0) is 18.6. The first-order chi connectivity index (χ1) is 13.2. The summed E-state index contributed by atoms with van der Waals surface area (Å²) in [7, 11) is 0. The summed E-state index contributed by atoms with van der Waals surface area (Å²) in [5, 5.41) is 2.83. The van der Waals surface area contributed by atoms with Crippen LogP contribution >= 0.6 is 12.2 Å². The maximum Gasteiger partial charge on any atom is 0.275 e. The summed E-state index contributed by atoms with van der Waals surface area (Å²) >= 11 is 5.32. The third-order valence-electron chi connectivity index (χ3n) is 4.39. The number of para-hydroxylation sites is 1. The topological polar surface area (TPSA) is 75.2 Å². The van der Waals surface area contributed by atoms with E-state index in [0.717, 1.165) is 37.7 Å². The molecule has 8 heteroatoms. The van der Waals surface area contributed by atoms with Gasteiger partial charge in [-0.05, 0) is 36.5 Å². The molecule has 1 aromatic carbocycles. The Kier molecular flexibility index (Phi) is 4.99. The van der Waals surface area contributed by atoms with Crippen molar-refractivity contribution in [1.29, 1.82) is 0 Å². The monoisotopic (exact) mass is 381 g/mol. The van der Waals surface area contributed by atoms with Gasteiger partial charge in [0.05, 0.1) is 25.1 Å². The van der Waals surface area contributed by atoms with E-state index in [9.17, 15) is 4.79 Å². The smallest absolute Gasteiger partial charge is 0.275 e. The van der Waals surface area contributed by atoms with E-state index in [1.807, 2.05) is 36.4 Å². The third kappa shape index (κ3) is 3.76. The molecular weight excluding hydrogens is 362 g/mol. The Hall–Kier alpha value is -2.97. The second-order valence-electron chi connectivity index (χ2n) is 6.11. The lowest BCUT2D eigenvalue weighted by molar-refractivity contribution is 0.102. The Morgan fingerprint density at radius 2 is 1.89 bits per heavy atom. The quantitative estimate of drug-likeness (QED) is 0.680. The number of aromatic amines is 1. The lowest BCUT2D eigenvalue weighted by Crippen LogP contribution is -2.36. The van der Waals surface area contributed by atoms with Crippen LogP contribution in [0.5, 0.6) is 0 Å². The van der Waals surface area contributed by atoms with Crippen LogP contribution in [0, 0.1) is 4.77 Å². The Labute approximate surface area is 161 Å². The van der Waals surface area contributed by atoms with Crippen LogP contribution in [-0.4, -0.2) is 46.7 Å². The molecule has 0 atom stereocenters. The van der Waals surface area contributed by atoms with Gasteiger partial charge in [0.2, 0.25) is 0 Å². The number of benzene rings is 1. The SMILES string of the molecule is O=C(Nc1ccc(N2CCOCC2)cn1)c1c[nH]c(=S)n1-c1ccccc1. The maximum absolute atomic E-state index is 12.7. The van der Waals surface area contributed by atoms with E-state index in [4.69, 9.17) is 17.0 Å². The molecule has 0 aliphatic carbocycles. The molecule has 1 saturated heterocycles. The Morgan fingerprint density at radius 1 is 1.11 bits per heavy atom. The maximum atomic E-state index is 12.7.